The van der Waals surface area contributed by atoms with Gasteiger partial charge in [-0.15, -0.1) is 0 Å². The van der Waals surface area contributed by atoms with Gasteiger partial charge in [0.05, 0.1) is 6.61 Å². The van der Waals surface area contributed by atoms with Gasteiger partial charge in [-0.2, -0.15) is 0 Å². The molecule has 1 heterocycles. The van der Waals surface area contributed by atoms with E-state index in [1.807, 2.05) is 25.1 Å². The molecule has 122 valence electrons. The molecule has 2 aromatic rings. The fourth-order valence-corrected chi connectivity index (χ4v) is 3.14. The molecule has 2 aromatic carbocycles. The zero-order valence-corrected chi connectivity index (χ0v) is 14.3. The van der Waals surface area contributed by atoms with E-state index in [4.69, 9.17) is 16.3 Å². The number of rotatable bonds is 5. The van der Waals surface area contributed by atoms with Crippen LogP contribution >= 0.6 is 11.6 Å². The monoisotopic (exact) mass is 330 g/mol. The molecule has 3 nitrogen and oxygen atoms in total. The number of anilines is 1. The second-order valence-corrected chi connectivity index (χ2v) is 6.26. The summed E-state index contributed by atoms with van der Waals surface area (Å²) >= 11 is 6.09. The zero-order valence-electron chi connectivity index (χ0n) is 13.5. The van der Waals surface area contributed by atoms with Crippen molar-refractivity contribution in [3.63, 3.8) is 0 Å². The van der Waals surface area contributed by atoms with E-state index in [9.17, 15) is 0 Å². The van der Waals surface area contributed by atoms with E-state index in [2.05, 4.69) is 40.1 Å². The lowest BCUT2D eigenvalue weighted by Crippen LogP contribution is -2.45. The topological polar surface area (TPSA) is 15.7 Å². The van der Waals surface area contributed by atoms with Crippen LogP contribution in [0.5, 0.6) is 5.75 Å². The highest BCUT2D eigenvalue weighted by Crippen LogP contribution is 2.21. The van der Waals surface area contributed by atoms with Crippen molar-refractivity contribution < 1.29 is 4.74 Å². The van der Waals surface area contributed by atoms with Crippen molar-refractivity contribution in [1.82, 2.24) is 4.90 Å². The molecule has 1 saturated heterocycles. The molecule has 0 aliphatic carbocycles. The first kappa shape index (κ1) is 16.2. The Balaban J connectivity index is 1.52. The minimum atomic E-state index is 0.713. The Morgan fingerprint density at radius 1 is 1.00 bits per heavy atom. The highest BCUT2D eigenvalue weighted by molar-refractivity contribution is 6.30. The van der Waals surface area contributed by atoms with E-state index in [1.54, 1.807) is 0 Å². The molecule has 1 aliphatic rings. The smallest absolute Gasteiger partial charge is 0.119 e. The van der Waals surface area contributed by atoms with E-state index in [1.165, 1.54) is 11.3 Å². The Morgan fingerprint density at radius 2 is 1.74 bits per heavy atom. The number of hydrogen-bond acceptors (Lipinski definition) is 3. The molecule has 3 rings (SSSR count). The van der Waals surface area contributed by atoms with Crippen LogP contribution in [0.15, 0.2) is 48.5 Å². The van der Waals surface area contributed by atoms with Gasteiger partial charge in [-0.25, -0.2) is 0 Å². The van der Waals surface area contributed by atoms with Crippen molar-refractivity contribution in [3.8, 4) is 5.75 Å². The molecule has 0 radical (unpaired) electrons. The minimum Gasteiger partial charge on any atom is -0.494 e. The van der Waals surface area contributed by atoms with Crippen molar-refractivity contribution in [2.24, 2.45) is 0 Å². The average molecular weight is 331 g/mol. The predicted molar refractivity (Wildman–Crippen MR) is 96.6 cm³/mol. The molecule has 0 atom stereocenters. The van der Waals surface area contributed by atoms with Crippen LogP contribution in [-0.2, 0) is 6.54 Å². The first-order valence-electron chi connectivity index (χ1n) is 8.19. The molecule has 0 N–H and O–H groups in total. The van der Waals surface area contributed by atoms with Gasteiger partial charge in [-0.1, -0.05) is 29.8 Å². The summed E-state index contributed by atoms with van der Waals surface area (Å²) in [7, 11) is 0. The van der Waals surface area contributed by atoms with Gasteiger partial charge >= 0.3 is 0 Å². The molecule has 4 heteroatoms. The molecule has 23 heavy (non-hydrogen) atoms. The third kappa shape index (κ3) is 4.40. The highest BCUT2D eigenvalue weighted by atomic mass is 35.5. The third-order valence-electron chi connectivity index (χ3n) is 4.19. The maximum Gasteiger partial charge on any atom is 0.119 e. The molecular weight excluding hydrogens is 308 g/mol. The predicted octanol–water partition coefficient (Wildman–Crippen LogP) is 4.06. The summed E-state index contributed by atoms with van der Waals surface area (Å²) in [6.45, 7) is 7.93. The number of halogens is 1. The van der Waals surface area contributed by atoms with Crippen LogP contribution in [0.3, 0.4) is 0 Å². The Bertz CT molecular complexity index is 622. The molecule has 0 aromatic heterocycles. The molecular formula is C19H23ClN2O. The maximum atomic E-state index is 6.09. The first-order chi connectivity index (χ1) is 11.2. The van der Waals surface area contributed by atoms with E-state index in [-0.39, 0.29) is 0 Å². The van der Waals surface area contributed by atoms with Crippen molar-refractivity contribution >= 4 is 17.3 Å². The van der Waals surface area contributed by atoms with Crippen LogP contribution in [-0.4, -0.2) is 37.7 Å². The Kier molecular flexibility index (Phi) is 5.42. The highest BCUT2D eigenvalue weighted by Gasteiger charge is 2.17. The molecule has 1 fully saturated rings. The van der Waals surface area contributed by atoms with Crippen LogP contribution in [0.2, 0.25) is 5.02 Å². The molecule has 0 unspecified atom stereocenters. The summed E-state index contributed by atoms with van der Waals surface area (Å²) in [5, 5.41) is 0.805. The summed E-state index contributed by atoms with van der Waals surface area (Å²) in [5.74, 6) is 0.946. The molecule has 0 saturated carbocycles. The van der Waals surface area contributed by atoms with Crippen molar-refractivity contribution in [1.29, 1.82) is 0 Å². The molecule has 0 bridgehead atoms. The van der Waals surface area contributed by atoms with Gasteiger partial charge < -0.3 is 9.64 Å². The van der Waals surface area contributed by atoms with E-state index in [0.29, 0.717) is 6.61 Å². The number of ether oxygens (including phenoxy) is 1. The Morgan fingerprint density at radius 3 is 2.39 bits per heavy atom. The van der Waals surface area contributed by atoms with Crippen LogP contribution < -0.4 is 9.64 Å². The summed E-state index contributed by atoms with van der Waals surface area (Å²) in [6, 6.07) is 16.6. The SMILES string of the molecule is CCOc1ccc(CN2CCN(c3cccc(Cl)c3)CC2)cc1. The van der Waals surface area contributed by atoms with E-state index in [0.717, 1.165) is 43.5 Å². The molecule has 0 spiro atoms. The van der Waals surface area contributed by atoms with Crippen LogP contribution in [0.4, 0.5) is 5.69 Å². The standard InChI is InChI=1S/C19H23ClN2O/c1-2-23-19-8-6-16(7-9-19)15-21-10-12-22(13-11-21)18-5-3-4-17(20)14-18/h3-9,14H,2,10-13,15H2,1H3. The van der Waals surface area contributed by atoms with Gasteiger partial charge in [0, 0.05) is 43.4 Å². The van der Waals surface area contributed by atoms with E-state index < -0.39 is 0 Å². The minimum absolute atomic E-state index is 0.713. The van der Waals surface area contributed by atoms with E-state index >= 15 is 0 Å². The normalized spacial score (nSPS) is 15.7. The van der Waals surface area contributed by atoms with Crippen LogP contribution in [0.25, 0.3) is 0 Å². The third-order valence-corrected chi connectivity index (χ3v) is 4.42. The molecule has 1 aliphatic heterocycles. The fourth-order valence-electron chi connectivity index (χ4n) is 2.95. The van der Waals surface area contributed by atoms with Crippen LogP contribution in [0.1, 0.15) is 12.5 Å². The quantitative estimate of drug-likeness (QED) is 0.822. The first-order valence-corrected chi connectivity index (χ1v) is 8.57. The zero-order chi connectivity index (χ0) is 16.1. The maximum absolute atomic E-state index is 6.09. The summed E-state index contributed by atoms with van der Waals surface area (Å²) in [5.41, 5.74) is 2.56. The summed E-state index contributed by atoms with van der Waals surface area (Å²) in [4.78, 5) is 4.90. The van der Waals surface area contributed by atoms with Crippen molar-refractivity contribution in [2.75, 3.05) is 37.7 Å². The van der Waals surface area contributed by atoms with Crippen molar-refractivity contribution in [3.05, 3.63) is 59.1 Å². The number of hydrogen-bond donors (Lipinski definition) is 0. The van der Waals surface area contributed by atoms with Gasteiger partial charge in [0.25, 0.3) is 0 Å². The number of nitrogens with zero attached hydrogens (tertiary/aromatic N) is 2. The van der Waals surface area contributed by atoms with Gasteiger partial charge in [0.2, 0.25) is 0 Å². The Labute approximate surface area is 143 Å². The van der Waals surface area contributed by atoms with Crippen LogP contribution in [0, 0.1) is 0 Å². The van der Waals surface area contributed by atoms with Crippen molar-refractivity contribution in [2.45, 2.75) is 13.5 Å². The number of piperazine rings is 1. The fraction of sp³-hybridized carbons (Fsp3) is 0.368. The van der Waals surface area contributed by atoms with Gasteiger partial charge in [-0.05, 0) is 42.8 Å². The van der Waals surface area contributed by atoms with Gasteiger partial charge in [0.15, 0.2) is 0 Å². The Hall–Kier alpha value is -1.71. The second kappa shape index (κ2) is 7.71. The molecule has 0 amide bonds. The summed E-state index contributed by atoms with van der Waals surface area (Å²) in [6.07, 6.45) is 0. The average Bonchev–Trinajstić information content (AvgIpc) is 2.58. The lowest BCUT2D eigenvalue weighted by Gasteiger charge is -2.36. The number of benzene rings is 2. The lowest BCUT2D eigenvalue weighted by atomic mass is 10.2. The lowest BCUT2D eigenvalue weighted by molar-refractivity contribution is 0.249. The second-order valence-electron chi connectivity index (χ2n) is 5.82. The van der Waals surface area contributed by atoms with Gasteiger partial charge in [0.1, 0.15) is 5.75 Å². The van der Waals surface area contributed by atoms with Gasteiger partial charge in [-0.3, -0.25) is 4.90 Å². The summed E-state index contributed by atoms with van der Waals surface area (Å²) < 4.78 is 5.49. The largest absolute Gasteiger partial charge is 0.494 e.